The second-order valence-electron chi connectivity index (χ2n) is 9.79. The Morgan fingerprint density at radius 1 is 0.875 bits per heavy atom. The summed E-state index contributed by atoms with van der Waals surface area (Å²) >= 11 is 0. The fourth-order valence-corrected chi connectivity index (χ4v) is 5.24. The zero-order chi connectivity index (χ0) is 28.9. The van der Waals surface area contributed by atoms with Crippen molar-refractivity contribution in [3.05, 3.63) is 107 Å². The summed E-state index contributed by atoms with van der Waals surface area (Å²) in [5.74, 6) is -0.802. The Hall–Kier alpha value is -3.37. The van der Waals surface area contributed by atoms with Crippen molar-refractivity contribution in [2.24, 2.45) is 5.92 Å². The van der Waals surface area contributed by atoms with Crippen LogP contribution in [-0.2, 0) is 33.2 Å². The van der Waals surface area contributed by atoms with Gasteiger partial charge >= 0.3 is 12.4 Å². The second kappa shape index (κ2) is 12.4. The van der Waals surface area contributed by atoms with Crippen LogP contribution in [0.4, 0.5) is 26.3 Å². The van der Waals surface area contributed by atoms with Crippen LogP contribution < -0.4 is 0 Å². The molecule has 0 aliphatic carbocycles. The molecule has 1 saturated heterocycles. The molecule has 214 valence electrons. The quantitative estimate of drug-likeness (QED) is 0.278. The van der Waals surface area contributed by atoms with Crippen LogP contribution in [0.3, 0.4) is 0 Å². The van der Waals surface area contributed by atoms with E-state index in [4.69, 9.17) is 9.47 Å². The lowest BCUT2D eigenvalue weighted by Crippen LogP contribution is -2.49. The number of likely N-dealkylation sites (tertiary alicyclic amines) is 1. The summed E-state index contributed by atoms with van der Waals surface area (Å²) in [4.78, 5) is 14.4. The third kappa shape index (κ3) is 7.22. The van der Waals surface area contributed by atoms with Crippen molar-refractivity contribution in [1.29, 1.82) is 0 Å². The molecule has 3 aromatic carbocycles. The Labute approximate surface area is 228 Å². The number of benzene rings is 3. The summed E-state index contributed by atoms with van der Waals surface area (Å²) < 4.78 is 91.5. The fraction of sp³-hybridized carbons (Fsp3) is 0.367. The van der Waals surface area contributed by atoms with Gasteiger partial charge in [0.05, 0.1) is 23.8 Å². The van der Waals surface area contributed by atoms with Crippen LogP contribution in [0.15, 0.2) is 78.9 Å². The summed E-state index contributed by atoms with van der Waals surface area (Å²) in [7, 11) is 1.42. The Bertz CT molecular complexity index is 1190. The van der Waals surface area contributed by atoms with Gasteiger partial charge in [-0.1, -0.05) is 60.7 Å². The third-order valence-corrected chi connectivity index (χ3v) is 7.07. The Morgan fingerprint density at radius 2 is 1.40 bits per heavy atom. The van der Waals surface area contributed by atoms with Crippen LogP contribution in [0.1, 0.15) is 40.2 Å². The first kappa shape index (κ1) is 29.6. The van der Waals surface area contributed by atoms with Gasteiger partial charge in [0.1, 0.15) is 6.61 Å². The van der Waals surface area contributed by atoms with Crippen LogP contribution in [-0.4, -0.2) is 43.7 Å². The molecule has 1 fully saturated rings. The summed E-state index contributed by atoms with van der Waals surface area (Å²) in [5, 5.41) is 0. The van der Waals surface area contributed by atoms with Crippen LogP contribution >= 0.6 is 0 Å². The van der Waals surface area contributed by atoms with Crippen LogP contribution in [0, 0.1) is 5.92 Å². The highest BCUT2D eigenvalue weighted by atomic mass is 19.4. The molecule has 2 atom stereocenters. The van der Waals surface area contributed by atoms with E-state index < -0.39 is 36.2 Å². The molecule has 1 aliphatic heterocycles. The molecule has 3 aromatic rings. The number of halogens is 6. The number of hydrogen-bond donors (Lipinski definition) is 0. The average molecular weight is 566 g/mol. The lowest BCUT2D eigenvalue weighted by Gasteiger charge is -2.42. The molecule has 0 radical (unpaired) electrons. The Kier molecular flexibility index (Phi) is 9.20. The number of carbonyl (C=O) groups is 1. The van der Waals surface area contributed by atoms with Gasteiger partial charge in [-0.05, 0) is 41.3 Å². The van der Waals surface area contributed by atoms with E-state index in [0.29, 0.717) is 25.1 Å². The number of hydrogen-bond acceptors (Lipinski definition) is 3. The van der Waals surface area contributed by atoms with E-state index in [1.165, 1.54) is 7.11 Å². The van der Waals surface area contributed by atoms with Gasteiger partial charge in [-0.2, -0.15) is 26.3 Å². The first-order valence-electron chi connectivity index (χ1n) is 12.7. The predicted molar refractivity (Wildman–Crippen MR) is 136 cm³/mol. The van der Waals surface area contributed by atoms with E-state index in [1.54, 1.807) is 4.90 Å². The number of alkyl halides is 6. The van der Waals surface area contributed by atoms with Crippen molar-refractivity contribution < 1.29 is 40.6 Å². The van der Waals surface area contributed by atoms with Crippen molar-refractivity contribution in [3.8, 4) is 0 Å². The standard InChI is InChI=1S/C30H29F6NO3/c1-39-19-27(38)37-13-12-26(40-18-20-14-23(29(31,32)33)16-24(15-20)30(34,35)36)25(17-37)28(21-8-4-2-5-9-21)22-10-6-3-7-11-22/h2-11,14-16,25-26,28H,12-13,17-19H2,1H3. The molecular weight excluding hydrogens is 536 g/mol. The van der Waals surface area contributed by atoms with E-state index >= 15 is 0 Å². The van der Waals surface area contributed by atoms with E-state index in [1.807, 2.05) is 60.7 Å². The topological polar surface area (TPSA) is 38.8 Å². The first-order valence-corrected chi connectivity index (χ1v) is 12.7. The van der Waals surface area contributed by atoms with E-state index in [0.717, 1.165) is 11.1 Å². The third-order valence-electron chi connectivity index (χ3n) is 7.07. The Morgan fingerprint density at radius 3 is 1.88 bits per heavy atom. The molecule has 0 bridgehead atoms. The lowest BCUT2D eigenvalue weighted by atomic mass is 9.75. The van der Waals surface area contributed by atoms with Crippen molar-refractivity contribution in [1.82, 2.24) is 4.90 Å². The van der Waals surface area contributed by atoms with Gasteiger partial charge in [0.15, 0.2) is 0 Å². The summed E-state index contributed by atoms with van der Waals surface area (Å²) in [6.45, 7) is 0.0360. The van der Waals surface area contributed by atoms with Crippen LogP contribution in [0.25, 0.3) is 0 Å². The van der Waals surface area contributed by atoms with E-state index in [-0.39, 0.29) is 42.5 Å². The molecule has 0 saturated carbocycles. The maximum atomic E-state index is 13.4. The lowest BCUT2D eigenvalue weighted by molar-refractivity contribution is -0.143. The number of carbonyl (C=O) groups excluding carboxylic acids is 1. The minimum absolute atomic E-state index is 0.104. The van der Waals surface area contributed by atoms with Crippen molar-refractivity contribution in [2.75, 3.05) is 26.8 Å². The molecule has 0 spiro atoms. The van der Waals surface area contributed by atoms with Crippen molar-refractivity contribution in [3.63, 3.8) is 0 Å². The normalized spacial score (nSPS) is 18.2. The van der Waals surface area contributed by atoms with E-state index in [9.17, 15) is 31.1 Å². The summed E-state index contributed by atoms with van der Waals surface area (Å²) in [6, 6.07) is 20.6. The summed E-state index contributed by atoms with van der Waals surface area (Å²) in [6.07, 6.45) is -10.1. The molecule has 4 rings (SSSR count). The van der Waals surface area contributed by atoms with Gasteiger partial charge in [0.25, 0.3) is 0 Å². The van der Waals surface area contributed by atoms with Gasteiger partial charge in [-0.3, -0.25) is 4.79 Å². The molecule has 1 aliphatic rings. The highest BCUT2D eigenvalue weighted by Gasteiger charge is 2.40. The van der Waals surface area contributed by atoms with E-state index in [2.05, 4.69) is 0 Å². The molecule has 0 aromatic heterocycles. The zero-order valence-corrected chi connectivity index (χ0v) is 21.7. The number of methoxy groups -OCH3 is 1. The van der Waals surface area contributed by atoms with Gasteiger partial charge < -0.3 is 14.4 Å². The van der Waals surface area contributed by atoms with Crippen molar-refractivity contribution >= 4 is 5.91 Å². The SMILES string of the molecule is COCC(=O)N1CCC(OCc2cc(C(F)(F)F)cc(C(F)(F)F)c2)C(C(c2ccccc2)c2ccccc2)C1. The predicted octanol–water partition coefficient (Wildman–Crippen LogP) is 6.94. The van der Waals surface area contributed by atoms with Crippen LogP contribution in [0.2, 0.25) is 0 Å². The molecule has 1 amide bonds. The smallest absolute Gasteiger partial charge is 0.375 e. The largest absolute Gasteiger partial charge is 0.416 e. The monoisotopic (exact) mass is 565 g/mol. The number of rotatable bonds is 8. The highest BCUT2D eigenvalue weighted by molar-refractivity contribution is 5.77. The molecule has 40 heavy (non-hydrogen) atoms. The van der Waals surface area contributed by atoms with Gasteiger partial charge in [0, 0.05) is 32.0 Å². The molecule has 1 heterocycles. The summed E-state index contributed by atoms with van der Waals surface area (Å²) in [5.41, 5.74) is -1.10. The second-order valence-corrected chi connectivity index (χ2v) is 9.79. The average Bonchev–Trinajstić information content (AvgIpc) is 2.92. The maximum Gasteiger partial charge on any atom is 0.416 e. The molecule has 10 heteroatoms. The molecule has 2 unspecified atom stereocenters. The Balaban J connectivity index is 1.69. The minimum Gasteiger partial charge on any atom is -0.375 e. The zero-order valence-electron chi connectivity index (χ0n) is 21.7. The molecule has 0 N–H and O–H groups in total. The molecule has 4 nitrogen and oxygen atoms in total. The number of piperidine rings is 1. The fourth-order valence-electron chi connectivity index (χ4n) is 5.24. The maximum absolute atomic E-state index is 13.4. The molecular formula is C30H29F6NO3. The minimum atomic E-state index is -4.95. The van der Waals surface area contributed by atoms with Gasteiger partial charge in [-0.25, -0.2) is 0 Å². The number of ether oxygens (including phenoxy) is 2. The van der Waals surface area contributed by atoms with Gasteiger partial charge in [0.2, 0.25) is 5.91 Å². The van der Waals surface area contributed by atoms with Crippen LogP contribution in [0.5, 0.6) is 0 Å². The van der Waals surface area contributed by atoms with Gasteiger partial charge in [-0.15, -0.1) is 0 Å². The number of nitrogens with zero attached hydrogens (tertiary/aromatic N) is 1. The highest BCUT2D eigenvalue weighted by Crippen LogP contribution is 2.40. The first-order chi connectivity index (χ1) is 19.0. The number of amides is 1. The van der Waals surface area contributed by atoms with Crippen molar-refractivity contribution in [2.45, 2.75) is 37.4 Å².